The molecule has 2 atom stereocenters. The number of hydrogen-bond donors (Lipinski definition) is 1. The van der Waals surface area contributed by atoms with Crippen molar-refractivity contribution in [1.29, 1.82) is 0 Å². The quantitative estimate of drug-likeness (QED) is 0.801. The van der Waals surface area contributed by atoms with Crippen LogP contribution in [-0.4, -0.2) is 42.0 Å². The number of piperazine rings is 1. The van der Waals surface area contributed by atoms with Gasteiger partial charge < -0.3 is 10.2 Å². The number of nitrogens with one attached hydrogen (secondary N) is 1. The van der Waals surface area contributed by atoms with Gasteiger partial charge in [0, 0.05) is 6.54 Å². The van der Waals surface area contributed by atoms with Gasteiger partial charge in [0.25, 0.3) is 0 Å². The Bertz CT molecular complexity index is 305. The lowest BCUT2D eigenvalue weighted by Gasteiger charge is -2.41. The molecule has 2 amide bonds. The Labute approximate surface area is 102 Å². The summed E-state index contributed by atoms with van der Waals surface area (Å²) in [6.07, 6.45) is 0. The number of nitrogens with zero attached hydrogens (tertiary/aromatic N) is 1. The van der Waals surface area contributed by atoms with E-state index in [1.165, 1.54) is 4.90 Å². The van der Waals surface area contributed by atoms with Crippen molar-refractivity contribution >= 4 is 11.8 Å². The van der Waals surface area contributed by atoms with E-state index in [9.17, 15) is 14.0 Å². The summed E-state index contributed by atoms with van der Waals surface area (Å²) in [5, 5.41) is 2.73. The summed E-state index contributed by atoms with van der Waals surface area (Å²) in [5.74, 6) is -0.344. The van der Waals surface area contributed by atoms with Crippen LogP contribution in [0.4, 0.5) is 4.39 Å². The monoisotopic (exact) mass is 244 g/mol. The molecule has 0 radical (unpaired) electrons. The smallest absolute Gasteiger partial charge is 0.246 e. The fraction of sp³-hybridized carbons (Fsp3) is 0.833. The molecule has 0 aromatic rings. The predicted molar refractivity (Wildman–Crippen MR) is 63.1 cm³/mol. The van der Waals surface area contributed by atoms with Crippen LogP contribution in [0.2, 0.25) is 0 Å². The molecule has 0 aromatic carbocycles. The largest absolute Gasteiger partial charge is 0.342 e. The lowest BCUT2D eigenvalue weighted by molar-refractivity contribution is -0.152. The van der Waals surface area contributed by atoms with Crippen LogP contribution in [0, 0.1) is 11.8 Å². The van der Waals surface area contributed by atoms with Crippen molar-refractivity contribution in [3.8, 4) is 0 Å². The normalized spacial score (nSPS) is 25.7. The molecule has 1 aliphatic heterocycles. The second-order valence-corrected chi connectivity index (χ2v) is 5.14. The van der Waals surface area contributed by atoms with Crippen LogP contribution in [0.3, 0.4) is 0 Å². The van der Waals surface area contributed by atoms with Crippen LogP contribution < -0.4 is 5.32 Å². The van der Waals surface area contributed by atoms with Gasteiger partial charge in [0.1, 0.15) is 18.8 Å². The van der Waals surface area contributed by atoms with Crippen LogP contribution >= 0.6 is 0 Å². The first-order chi connectivity index (χ1) is 7.90. The number of amides is 2. The van der Waals surface area contributed by atoms with Crippen LogP contribution in [0.1, 0.15) is 27.7 Å². The first-order valence-corrected chi connectivity index (χ1v) is 6.07. The molecule has 98 valence electrons. The van der Waals surface area contributed by atoms with E-state index in [2.05, 4.69) is 5.32 Å². The van der Waals surface area contributed by atoms with E-state index in [1.807, 2.05) is 27.7 Å². The number of alkyl halides is 1. The van der Waals surface area contributed by atoms with E-state index in [1.54, 1.807) is 0 Å². The third kappa shape index (κ3) is 2.76. The topological polar surface area (TPSA) is 49.4 Å². The van der Waals surface area contributed by atoms with Gasteiger partial charge in [-0.2, -0.15) is 0 Å². The fourth-order valence-corrected chi connectivity index (χ4v) is 2.21. The van der Waals surface area contributed by atoms with E-state index < -0.39 is 18.8 Å². The van der Waals surface area contributed by atoms with Gasteiger partial charge in [0.2, 0.25) is 11.8 Å². The Morgan fingerprint density at radius 3 is 2.24 bits per heavy atom. The van der Waals surface area contributed by atoms with Gasteiger partial charge in [0.05, 0.1) is 0 Å². The molecule has 4 nitrogen and oxygen atoms in total. The molecule has 17 heavy (non-hydrogen) atoms. The Morgan fingerprint density at radius 1 is 1.24 bits per heavy atom. The molecule has 1 rings (SSSR count). The van der Waals surface area contributed by atoms with Crippen molar-refractivity contribution in [3.63, 3.8) is 0 Å². The van der Waals surface area contributed by atoms with Crippen molar-refractivity contribution in [2.75, 3.05) is 13.2 Å². The first kappa shape index (κ1) is 13.9. The molecule has 1 heterocycles. The number of halogens is 1. The zero-order valence-corrected chi connectivity index (χ0v) is 10.9. The highest BCUT2D eigenvalue weighted by Crippen LogP contribution is 2.20. The maximum Gasteiger partial charge on any atom is 0.246 e. The fourth-order valence-electron chi connectivity index (χ4n) is 2.21. The molecule has 0 aliphatic carbocycles. The number of carbonyl (C=O) groups is 2. The second kappa shape index (κ2) is 5.47. The number of carbonyl (C=O) groups excluding carboxylic acids is 2. The van der Waals surface area contributed by atoms with Gasteiger partial charge in [-0.15, -0.1) is 0 Å². The minimum Gasteiger partial charge on any atom is -0.342 e. The van der Waals surface area contributed by atoms with Crippen molar-refractivity contribution in [1.82, 2.24) is 10.2 Å². The average molecular weight is 244 g/mol. The molecule has 0 bridgehead atoms. The Hall–Kier alpha value is -1.13. The molecule has 2 unspecified atom stereocenters. The van der Waals surface area contributed by atoms with Gasteiger partial charge >= 0.3 is 0 Å². The third-order valence-electron chi connectivity index (χ3n) is 3.07. The highest BCUT2D eigenvalue weighted by atomic mass is 19.1. The van der Waals surface area contributed by atoms with Crippen LogP contribution in [0.15, 0.2) is 0 Å². The Morgan fingerprint density at radius 2 is 1.82 bits per heavy atom. The van der Waals surface area contributed by atoms with E-state index in [0.29, 0.717) is 0 Å². The predicted octanol–water partition coefficient (Wildman–Crippen LogP) is 0.963. The SMILES string of the molecule is CC(C)C1NC(=O)C(C(C)C)N(CCF)C1=O. The van der Waals surface area contributed by atoms with Crippen molar-refractivity contribution in [3.05, 3.63) is 0 Å². The molecule has 0 aromatic heterocycles. The van der Waals surface area contributed by atoms with Crippen molar-refractivity contribution in [2.24, 2.45) is 11.8 Å². The highest BCUT2D eigenvalue weighted by molar-refractivity contribution is 5.97. The summed E-state index contributed by atoms with van der Waals surface area (Å²) >= 11 is 0. The lowest BCUT2D eigenvalue weighted by atomic mass is 9.93. The minimum atomic E-state index is -0.618. The molecule has 1 saturated heterocycles. The van der Waals surface area contributed by atoms with Crippen LogP contribution in [0.5, 0.6) is 0 Å². The van der Waals surface area contributed by atoms with Crippen LogP contribution in [-0.2, 0) is 9.59 Å². The minimum absolute atomic E-state index is 0.00167. The van der Waals surface area contributed by atoms with Crippen molar-refractivity contribution in [2.45, 2.75) is 39.8 Å². The van der Waals surface area contributed by atoms with E-state index in [-0.39, 0.29) is 30.2 Å². The average Bonchev–Trinajstić information content (AvgIpc) is 2.22. The molecule has 1 N–H and O–H groups in total. The summed E-state index contributed by atoms with van der Waals surface area (Å²) in [6, 6.07) is -1.07. The maximum atomic E-state index is 12.5. The zero-order chi connectivity index (χ0) is 13.2. The standard InChI is InChI=1S/C12H21FN2O2/c1-7(2)9-12(17)15(6-5-13)10(8(3)4)11(16)14-9/h7-10H,5-6H2,1-4H3,(H,14,16). The van der Waals surface area contributed by atoms with E-state index in [4.69, 9.17) is 0 Å². The summed E-state index contributed by atoms with van der Waals surface area (Å²) in [6.45, 7) is 6.83. The number of rotatable bonds is 4. The van der Waals surface area contributed by atoms with Gasteiger partial charge in [-0.3, -0.25) is 9.59 Å². The lowest BCUT2D eigenvalue weighted by Crippen LogP contribution is -2.66. The van der Waals surface area contributed by atoms with Gasteiger partial charge in [0.15, 0.2) is 0 Å². The molecule has 5 heteroatoms. The summed E-state index contributed by atoms with van der Waals surface area (Å²) < 4.78 is 12.5. The van der Waals surface area contributed by atoms with Crippen LogP contribution in [0.25, 0.3) is 0 Å². The molecular formula is C12H21FN2O2. The molecule has 1 aliphatic rings. The third-order valence-corrected chi connectivity index (χ3v) is 3.07. The summed E-state index contributed by atoms with van der Waals surface area (Å²) in [5.41, 5.74) is 0. The zero-order valence-electron chi connectivity index (χ0n) is 10.9. The second-order valence-electron chi connectivity index (χ2n) is 5.14. The van der Waals surface area contributed by atoms with E-state index >= 15 is 0 Å². The molecule has 0 saturated carbocycles. The highest BCUT2D eigenvalue weighted by Gasteiger charge is 2.42. The van der Waals surface area contributed by atoms with Crippen molar-refractivity contribution < 1.29 is 14.0 Å². The van der Waals surface area contributed by atoms with E-state index in [0.717, 1.165) is 0 Å². The summed E-state index contributed by atoms with van der Waals surface area (Å²) in [7, 11) is 0. The number of hydrogen-bond acceptors (Lipinski definition) is 2. The molecule has 0 spiro atoms. The maximum absolute atomic E-state index is 12.5. The summed E-state index contributed by atoms with van der Waals surface area (Å²) in [4.78, 5) is 25.5. The molecule has 1 fully saturated rings. The Kier molecular flexibility index (Phi) is 4.48. The van der Waals surface area contributed by atoms with Gasteiger partial charge in [-0.25, -0.2) is 4.39 Å². The van der Waals surface area contributed by atoms with Gasteiger partial charge in [-0.05, 0) is 11.8 Å². The first-order valence-electron chi connectivity index (χ1n) is 6.07. The molecular weight excluding hydrogens is 223 g/mol. The van der Waals surface area contributed by atoms with Gasteiger partial charge in [-0.1, -0.05) is 27.7 Å². The Balaban J connectivity index is 2.97.